The fourth-order valence-corrected chi connectivity index (χ4v) is 2.35. The SMILES string of the molecule is COc1ccc2c(Nc3ccccc3C(F)(F)F)ccnc2c1. The van der Waals surface area contributed by atoms with Gasteiger partial charge < -0.3 is 10.1 Å². The Morgan fingerprint density at radius 2 is 1.78 bits per heavy atom. The van der Waals surface area contributed by atoms with Crippen molar-refractivity contribution in [3.05, 3.63) is 60.3 Å². The number of hydrogen-bond acceptors (Lipinski definition) is 3. The van der Waals surface area contributed by atoms with E-state index in [0.717, 1.165) is 6.07 Å². The smallest absolute Gasteiger partial charge is 0.418 e. The summed E-state index contributed by atoms with van der Waals surface area (Å²) in [5.41, 5.74) is 0.481. The molecule has 3 aromatic rings. The quantitative estimate of drug-likeness (QED) is 0.737. The van der Waals surface area contributed by atoms with Gasteiger partial charge in [0.1, 0.15) is 5.75 Å². The topological polar surface area (TPSA) is 34.1 Å². The van der Waals surface area contributed by atoms with Gasteiger partial charge in [0.05, 0.1) is 23.9 Å². The number of ether oxygens (including phenoxy) is 1. The lowest BCUT2D eigenvalue weighted by Gasteiger charge is -2.15. The Morgan fingerprint density at radius 1 is 1.00 bits per heavy atom. The van der Waals surface area contributed by atoms with Crippen molar-refractivity contribution in [3.8, 4) is 5.75 Å². The summed E-state index contributed by atoms with van der Waals surface area (Å²) in [6, 6.07) is 12.3. The van der Waals surface area contributed by atoms with E-state index in [2.05, 4.69) is 10.3 Å². The first-order chi connectivity index (χ1) is 11.0. The molecule has 0 radical (unpaired) electrons. The van der Waals surface area contributed by atoms with Crippen molar-refractivity contribution in [1.82, 2.24) is 4.98 Å². The van der Waals surface area contributed by atoms with Crippen LogP contribution < -0.4 is 10.1 Å². The predicted molar refractivity (Wildman–Crippen MR) is 83.0 cm³/mol. The number of nitrogens with zero attached hydrogens (tertiary/aromatic N) is 1. The Balaban J connectivity index is 2.06. The van der Waals surface area contributed by atoms with Crippen molar-refractivity contribution < 1.29 is 17.9 Å². The van der Waals surface area contributed by atoms with Crippen LogP contribution in [0.3, 0.4) is 0 Å². The van der Waals surface area contributed by atoms with Gasteiger partial charge in [0.25, 0.3) is 0 Å². The van der Waals surface area contributed by atoms with Crippen LogP contribution in [-0.2, 0) is 6.18 Å². The Morgan fingerprint density at radius 3 is 2.52 bits per heavy atom. The van der Waals surface area contributed by atoms with Crippen LogP contribution in [-0.4, -0.2) is 12.1 Å². The molecule has 0 unspecified atom stereocenters. The van der Waals surface area contributed by atoms with Crippen LogP contribution in [0, 0.1) is 0 Å². The fourth-order valence-electron chi connectivity index (χ4n) is 2.35. The van der Waals surface area contributed by atoms with Gasteiger partial charge in [-0.2, -0.15) is 13.2 Å². The van der Waals surface area contributed by atoms with E-state index in [1.165, 1.54) is 12.1 Å². The second kappa shape index (κ2) is 5.79. The van der Waals surface area contributed by atoms with E-state index in [9.17, 15) is 13.2 Å². The lowest BCUT2D eigenvalue weighted by Crippen LogP contribution is -2.08. The van der Waals surface area contributed by atoms with E-state index < -0.39 is 11.7 Å². The molecule has 118 valence electrons. The van der Waals surface area contributed by atoms with Crippen molar-refractivity contribution in [2.24, 2.45) is 0 Å². The molecule has 0 amide bonds. The number of benzene rings is 2. The van der Waals surface area contributed by atoms with Crippen molar-refractivity contribution >= 4 is 22.3 Å². The number of pyridine rings is 1. The third kappa shape index (κ3) is 3.06. The van der Waals surface area contributed by atoms with Crippen molar-refractivity contribution in [1.29, 1.82) is 0 Å². The van der Waals surface area contributed by atoms with Gasteiger partial charge in [0.15, 0.2) is 0 Å². The molecule has 1 heterocycles. The molecular weight excluding hydrogens is 305 g/mol. The van der Waals surface area contributed by atoms with E-state index >= 15 is 0 Å². The van der Waals surface area contributed by atoms with Gasteiger partial charge >= 0.3 is 6.18 Å². The molecule has 0 spiro atoms. The maximum Gasteiger partial charge on any atom is 0.418 e. The largest absolute Gasteiger partial charge is 0.497 e. The molecule has 1 N–H and O–H groups in total. The molecule has 0 saturated carbocycles. The van der Waals surface area contributed by atoms with Gasteiger partial charge in [-0.15, -0.1) is 0 Å². The first-order valence-electron chi connectivity index (χ1n) is 6.85. The molecular formula is C17H13F3N2O. The molecule has 3 nitrogen and oxygen atoms in total. The Labute approximate surface area is 130 Å². The number of methoxy groups -OCH3 is 1. The molecule has 0 saturated heterocycles. The normalized spacial score (nSPS) is 11.5. The third-order valence-electron chi connectivity index (χ3n) is 3.45. The molecule has 6 heteroatoms. The summed E-state index contributed by atoms with van der Waals surface area (Å²) in [6.07, 6.45) is -2.88. The number of halogens is 3. The Bertz CT molecular complexity index is 847. The number of anilines is 2. The number of nitrogens with one attached hydrogen (secondary N) is 1. The fraction of sp³-hybridized carbons (Fsp3) is 0.118. The minimum Gasteiger partial charge on any atom is -0.497 e. The van der Waals surface area contributed by atoms with Gasteiger partial charge in [0, 0.05) is 23.3 Å². The van der Waals surface area contributed by atoms with Crippen LogP contribution in [0.1, 0.15) is 5.56 Å². The molecule has 0 fully saturated rings. The van der Waals surface area contributed by atoms with Gasteiger partial charge in [-0.1, -0.05) is 12.1 Å². The maximum absolute atomic E-state index is 13.1. The summed E-state index contributed by atoms with van der Waals surface area (Å²) in [5.74, 6) is 0.637. The number of rotatable bonds is 3. The summed E-state index contributed by atoms with van der Waals surface area (Å²) in [7, 11) is 1.54. The van der Waals surface area contributed by atoms with Crippen LogP contribution in [0.4, 0.5) is 24.5 Å². The van der Waals surface area contributed by atoms with Crippen LogP contribution in [0.15, 0.2) is 54.7 Å². The molecule has 0 aliphatic rings. The van der Waals surface area contributed by atoms with Crippen molar-refractivity contribution in [3.63, 3.8) is 0 Å². The van der Waals surface area contributed by atoms with Crippen LogP contribution in [0.5, 0.6) is 5.75 Å². The van der Waals surface area contributed by atoms with Crippen molar-refractivity contribution in [2.45, 2.75) is 6.18 Å². The molecule has 3 rings (SSSR count). The van der Waals surface area contributed by atoms with E-state index in [1.54, 1.807) is 43.6 Å². The average molecular weight is 318 g/mol. The van der Waals surface area contributed by atoms with Gasteiger partial charge in [-0.25, -0.2) is 0 Å². The molecule has 23 heavy (non-hydrogen) atoms. The van der Waals surface area contributed by atoms with Crippen LogP contribution in [0.2, 0.25) is 0 Å². The predicted octanol–water partition coefficient (Wildman–Crippen LogP) is 5.01. The number of alkyl halides is 3. The molecule has 0 aliphatic carbocycles. The molecule has 0 bridgehead atoms. The monoisotopic (exact) mass is 318 g/mol. The number of para-hydroxylation sites is 1. The van der Waals surface area contributed by atoms with E-state index in [4.69, 9.17) is 4.74 Å². The standard InChI is InChI=1S/C17H13F3N2O/c1-23-11-6-7-12-14(8-9-21-16(12)10-11)22-15-5-3-2-4-13(15)17(18,19)20/h2-10H,1H3,(H,21,22). The zero-order valence-electron chi connectivity index (χ0n) is 12.2. The van der Waals surface area contributed by atoms with Crippen LogP contribution >= 0.6 is 0 Å². The average Bonchev–Trinajstić information content (AvgIpc) is 2.54. The number of hydrogen-bond donors (Lipinski definition) is 1. The van der Waals surface area contributed by atoms with Gasteiger partial charge in [-0.05, 0) is 30.3 Å². The second-order valence-corrected chi connectivity index (χ2v) is 4.91. The number of fused-ring (bicyclic) bond motifs is 1. The molecule has 2 aromatic carbocycles. The highest BCUT2D eigenvalue weighted by Gasteiger charge is 2.33. The lowest BCUT2D eigenvalue weighted by atomic mass is 10.1. The summed E-state index contributed by atoms with van der Waals surface area (Å²) >= 11 is 0. The maximum atomic E-state index is 13.1. The van der Waals surface area contributed by atoms with E-state index in [-0.39, 0.29) is 5.69 Å². The van der Waals surface area contributed by atoms with E-state index in [1.807, 2.05) is 0 Å². The minimum atomic E-state index is -4.42. The molecule has 1 aromatic heterocycles. The van der Waals surface area contributed by atoms with Gasteiger partial charge in [0.2, 0.25) is 0 Å². The highest BCUT2D eigenvalue weighted by Crippen LogP contribution is 2.37. The summed E-state index contributed by atoms with van der Waals surface area (Å²) < 4.78 is 44.4. The minimum absolute atomic E-state index is 0.00307. The summed E-state index contributed by atoms with van der Waals surface area (Å²) in [4.78, 5) is 4.22. The van der Waals surface area contributed by atoms with E-state index in [0.29, 0.717) is 22.3 Å². The molecule has 0 aliphatic heterocycles. The lowest BCUT2D eigenvalue weighted by molar-refractivity contribution is -0.136. The molecule has 0 atom stereocenters. The van der Waals surface area contributed by atoms with Gasteiger partial charge in [-0.3, -0.25) is 4.98 Å². The van der Waals surface area contributed by atoms with Crippen molar-refractivity contribution in [2.75, 3.05) is 12.4 Å². The first-order valence-corrected chi connectivity index (χ1v) is 6.85. The Hall–Kier alpha value is -2.76. The number of aromatic nitrogens is 1. The highest BCUT2D eigenvalue weighted by molar-refractivity contribution is 5.93. The summed E-state index contributed by atoms with van der Waals surface area (Å²) in [5, 5.41) is 3.57. The Kier molecular flexibility index (Phi) is 3.82. The van der Waals surface area contributed by atoms with Crippen LogP contribution in [0.25, 0.3) is 10.9 Å². The first kappa shape index (κ1) is 15.1. The highest BCUT2D eigenvalue weighted by atomic mass is 19.4. The zero-order valence-corrected chi connectivity index (χ0v) is 12.2. The summed E-state index contributed by atoms with van der Waals surface area (Å²) in [6.45, 7) is 0. The second-order valence-electron chi connectivity index (χ2n) is 4.91. The third-order valence-corrected chi connectivity index (χ3v) is 3.45. The zero-order chi connectivity index (χ0) is 16.4.